The van der Waals surface area contributed by atoms with Gasteiger partial charge < -0.3 is 10.0 Å². The van der Waals surface area contributed by atoms with Crippen LogP contribution in [-0.4, -0.2) is 35.5 Å². The van der Waals surface area contributed by atoms with Gasteiger partial charge in [0.25, 0.3) is 0 Å². The van der Waals surface area contributed by atoms with Gasteiger partial charge in [-0.2, -0.15) is 0 Å². The van der Waals surface area contributed by atoms with Crippen LogP contribution >= 0.6 is 0 Å². The summed E-state index contributed by atoms with van der Waals surface area (Å²) in [5.41, 5.74) is 0. The van der Waals surface area contributed by atoms with Crippen LogP contribution in [0.1, 0.15) is 25.7 Å². The first-order valence-corrected chi connectivity index (χ1v) is 4.57. The third kappa shape index (κ3) is 2.20. The van der Waals surface area contributed by atoms with Crippen molar-refractivity contribution in [3.63, 3.8) is 0 Å². The Hall–Kier alpha value is -1.06. The fourth-order valence-corrected chi connectivity index (χ4v) is 2.05. The van der Waals surface area contributed by atoms with E-state index in [9.17, 15) is 9.59 Å². The molecule has 1 fully saturated rings. The van der Waals surface area contributed by atoms with Gasteiger partial charge in [-0.25, -0.2) is 4.79 Å². The van der Waals surface area contributed by atoms with Crippen LogP contribution in [0.25, 0.3) is 0 Å². The number of aliphatic carboxylic acids is 1. The third-order valence-corrected chi connectivity index (χ3v) is 2.70. The third-order valence-electron chi connectivity index (χ3n) is 2.70. The largest absolute Gasteiger partial charge is 0.480 e. The topological polar surface area (TPSA) is 57.6 Å². The normalized spacial score (nSPS) is 19.8. The Morgan fingerprint density at radius 3 is 2.46 bits per heavy atom. The molecule has 1 aliphatic rings. The highest BCUT2D eigenvalue weighted by molar-refractivity contribution is 5.76. The van der Waals surface area contributed by atoms with E-state index in [0.717, 1.165) is 25.7 Å². The zero-order valence-electron chi connectivity index (χ0n) is 7.77. The minimum Gasteiger partial charge on any atom is -0.480 e. The summed E-state index contributed by atoms with van der Waals surface area (Å²) in [6, 6.07) is -0.625. The van der Waals surface area contributed by atoms with Crippen LogP contribution in [0.2, 0.25) is 0 Å². The highest BCUT2D eigenvalue weighted by Crippen LogP contribution is 2.29. The molecule has 0 aromatic heterocycles. The Bertz CT molecular complexity index is 199. The smallest absolute Gasteiger partial charge is 0.326 e. The van der Waals surface area contributed by atoms with Crippen molar-refractivity contribution in [2.24, 2.45) is 5.92 Å². The van der Waals surface area contributed by atoms with Crippen LogP contribution in [0.4, 0.5) is 0 Å². The average Bonchev–Trinajstić information content (AvgIpc) is 2.56. The van der Waals surface area contributed by atoms with Gasteiger partial charge in [0.2, 0.25) is 6.41 Å². The zero-order chi connectivity index (χ0) is 9.84. The monoisotopic (exact) mass is 185 g/mol. The standard InChI is InChI=1S/C9H15NO3/c1-10(6-11)8(9(12)13)7-4-2-3-5-7/h6-8H,2-5H2,1H3,(H,12,13). The molecule has 0 radical (unpaired) electrons. The lowest BCUT2D eigenvalue weighted by molar-refractivity contribution is -0.147. The maximum absolute atomic E-state index is 10.9. The summed E-state index contributed by atoms with van der Waals surface area (Å²) in [6.45, 7) is 0. The van der Waals surface area contributed by atoms with Gasteiger partial charge in [0, 0.05) is 7.05 Å². The Kier molecular flexibility index (Phi) is 3.28. The second kappa shape index (κ2) is 4.25. The second-order valence-corrected chi connectivity index (χ2v) is 3.60. The molecule has 1 amide bonds. The van der Waals surface area contributed by atoms with E-state index in [1.54, 1.807) is 0 Å². The van der Waals surface area contributed by atoms with Crippen LogP contribution in [0, 0.1) is 5.92 Å². The molecule has 74 valence electrons. The van der Waals surface area contributed by atoms with Gasteiger partial charge in [-0.3, -0.25) is 4.79 Å². The summed E-state index contributed by atoms with van der Waals surface area (Å²) in [7, 11) is 1.53. The van der Waals surface area contributed by atoms with E-state index in [-0.39, 0.29) is 5.92 Å². The van der Waals surface area contributed by atoms with Crippen molar-refractivity contribution in [3.05, 3.63) is 0 Å². The van der Waals surface area contributed by atoms with E-state index in [1.807, 2.05) is 0 Å². The Balaban J connectivity index is 2.65. The predicted molar refractivity (Wildman–Crippen MR) is 47.2 cm³/mol. The molecule has 0 aromatic rings. The minimum absolute atomic E-state index is 0.146. The van der Waals surface area contributed by atoms with Gasteiger partial charge in [0.15, 0.2) is 0 Å². The van der Waals surface area contributed by atoms with Gasteiger partial charge in [-0.1, -0.05) is 12.8 Å². The summed E-state index contributed by atoms with van der Waals surface area (Å²) >= 11 is 0. The molecule has 4 nitrogen and oxygen atoms in total. The van der Waals surface area contributed by atoms with E-state index >= 15 is 0 Å². The number of carbonyl (C=O) groups is 2. The fraction of sp³-hybridized carbons (Fsp3) is 0.778. The van der Waals surface area contributed by atoms with Crippen LogP contribution in [-0.2, 0) is 9.59 Å². The summed E-state index contributed by atoms with van der Waals surface area (Å²) < 4.78 is 0. The summed E-state index contributed by atoms with van der Waals surface area (Å²) in [5.74, 6) is -0.741. The highest BCUT2D eigenvalue weighted by atomic mass is 16.4. The lowest BCUT2D eigenvalue weighted by Crippen LogP contribution is -2.42. The summed E-state index contributed by atoms with van der Waals surface area (Å²) in [6.07, 6.45) is 4.61. The molecule has 1 aliphatic carbocycles. The van der Waals surface area contributed by atoms with Crippen molar-refractivity contribution >= 4 is 12.4 Å². The number of nitrogens with zero attached hydrogens (tertiary/aromatic N) is 1. The lowest BCUT2D eigenvalue weighted by Gasteiger charge is -2.25. The molecule has 13 heavy (non-hydrogen) atoms. The van der Waals surface area contributed by atoms with Crippen LogP contribution < -0.4 is 0 Å². The highest BCUT2D eigenvalue weighted by Gasteiger charge is 2.33. The number of rotatable bonds is 4. The summed E-state index contributed by atoms with van der Waals surface area (Å²) in [4.78, 5) is 22.6. The molecule has 0 saturated heterocycles. The Morgan fingerprint density at radius 2 is 2.08 bits per heavy atom. The van der Waals surface area contributed by atoms with E-state index in [0.29, 0.717) is 6.41 Å². The van der Waals surface area contributed by atoms with Crippen molar-refractivity contribution in [1.82, 2.24) is 4.90 Å². The van der Waals surface area contributed by atoms with Gasteiger partial charge in [0.05, 0.1) is 0 Å². The number of likely N-dealkylation sites (N-methyl/N-ethyl adjacent to an activating group) is 1. The molecule has 0 bridgehead atoms. The van der Waals surface area contributed by atoms with Gasteiger partial charge in [0.1, 0.15) is 6.04 Å². The van der Waals surface area contributed by atoms with Crippen molar-refractivity contribution in [3.8, 4) is 0 Å². The average molecular weight is 185 g/mol. The molecule has 0 heterocycles. The number of hydrogen-bond acceptors (Lipinski definition) is 2. The molecule has 1 N–H and O–H groups in total. The zero-order valence-corrected chi connectivity index (χ0v) is 7.77. The summed E-state index contributed by atoms with van der Waals surface area (Å²) in [5, 5.41) is 8.93. The van der Waals surface area contributed by atoms with Crippen molar-refractivity contribution in [2.75, 3.05) is 7.05 Å². The van der Waals surface area contributed by atoms with Gasteiger partial charge in [-0.05, 0) is 18.8 Å². The number of carboxylic acids is 1. The lowest BCUT2D eigenvalue weighted by atomic mass is 9.97. The van der Waals surface area contributed by atoms with Crippen molar-refractivity contribution in [2.45, 2.75) is 31.7 Å². The Labute approximate surface area is 77.5 Å². The molecule has 1 rings (SSSR count). The molecule has 0 spiro atoms. The van der Waals surface area contributed by atoms with E-state index < -0.39 is 12.0 Å². The first-order valence-electron chi connectivity index (χ1n) is 4.57. The van der Waals surface area contributed by atoms with E-state index in [4.69, 9.17) is 5.11 Å². The fourth-order valence-electron chi connectivity index (χ4n) is 2.05. The SMILES string of the molecule is CN(C=O)C(C(=O)O)C1CCCC1. The van der Waals surface area contributed by atoms with Crippen LogP contribution in [0.3, 0.4) is 0 Å². The van der Waals surface area contributed by atoms with Crippen LogP contribution in [0.15, 0.2) is 0 Å². The van der Waals surface area contributed by atoms with Crippen LogP contribution in [0.5, 0.6) is 0 Å². The number of amides is 1. The molecule has 0 aromatic carbocycles. The molecule has 4 heteroatoms. The Morgan fingerprint density at radius 1 is 1.54 bits per heavy atom. The first-order chi connectivity index (χ1) is 6.16. The number of carbonyl (C=O) groups excluding carboxylic acids is 1. The van der Waals surface area contributed by atoms with E-state index in [2.05, 4.69) is 0 Å². The van der Waals surface area contributed by atoms with Crippen molar-refractivity contribution < 1.29 is 14.7 Å². The molecule has 1 saturated carbocycles. The van der Waals surface area contributed by atoms with E-state index in [1.165, 1.54) is 11.9 Å². The predicted octanol–water partition coefficient (Wildman–Crippen LogP) is 0.718. The molecule has 1 unspecified atom stereocenters. The number of carboxylic acid groups (broad SMARTS) is 1. The van der Waals surface area contributed by atoms with Crippen molar-refractivity contribution in [1.29, 1.82) is 0 Å². The van der Waals surface area contributed by atoms with Gasteiger partial charge in [-0.15, -0.1) is 0 Å². The first kappa shape index (κ1) is 10.0. The quantitative estimate of drug-likeness (QED) is 0.656. The molecular formula is C9H15NO3. The maximum atomic E-state index is 10.9. The van der Waals surface area contributed by atoms with Gasteiger partial charge >= 0.3 is 5.97 Å². The molecular weight excluding hydrogens is 170 g/mol. The maximum Gasteiger partial charge on any atom is 0.326 e. The second-order valence-electron chi connectivity index (χ2n) is 3.60. The molecule has 0 aliphatic heterocycles. The number of hydrogen-bond donors (Lipinski definition) is 1. The molecule has 1 atom stereocenters. The minimum atomic E-state index is -0.887.